The van der Waals surface area contributed by atoms with Crippen molar-refractivity contribution >= 4 is 21.7 Å². The molecule has 0 aromatic carbocycles. The van der Waals surface area contributed by atoms with Crippen LogP contribution in [0.5, 0.6) is 0 Å². The molecule has 1 aliphatic carbocycles. The van der Waals surface area contributed by atoms with Gasteiger partial charge in [0.1, 0.15) is 5.82 Å². The Bertz CT molecular complexity index is 423. The first-order valence-corrected chi connectivity index (χ1v) is 7.90. The van der Waals surface area contributed by atoms with Gasteiger partial charge in [-0.2, -0.15) is 0 Å². The molecule has 98 valence electrons. The molecule has 3 nitrogen and oxygen atoms in total. The Morgan fingerprint density at radius 3 is 2.56 bits per heavy atom. The van der Waals surface area contributed by atoms with E-state index in [2.05, 4.69) is 43.7 Å². The number of nitrogens with zero attached hydrogens (tertiary/aromatic N) is 3. The van der Waals surface area contributed by atoms with Gasteiger partial charge < -0.3 is 4.90 Å². The molecule has 0 spiro atoms. The van der Waals surface area contributed by atoms with Crippen LogP contribution in [0.1, 0.15) is 24.0 Å². The summed E-state index contributed by atoms with van der Waals surface area (Å²) < 4.78 is 0. The molecule has 2 fully saturated rings. The molecule has 1 saturated carbocycles. The second-order valence-corrected chi connectivity index (χ2v) is 5.93. The number of rotatable bonds is 3. The maximum atomic E-state index is 4.64. The highest BCUT2D eigenvalue weighted by Crippen LogP contribution is 2.28. The summed E-state index contributed by atoms with van der Waals surface area (Å²) in [7, 11) is 0. The van der Waals surface area contributed by atoms with Crippen molar-refractivity contribution in [2.75, 3.05) is 31.1 Å². The van der Waals surface area contributed by atoms with Gasteiger partial charge in [0.25, 0.3) is 0 Å². The Kier molecular flexibility index (Phi) is 3.57. The quantitative estimate of drug-likeness (QED) is 0.800. The van der Waals surface area contributed by atoms with Gasteiger partial charge in [0.05, 0.1) is 0 Å². The summed E-state index contributed by atoms with van der Waals surface area (Å²) in [5.41, 5.74) is 2.56. The lowest BCUT2D eigenvalue weighted by Gasteiger charge is -2.36. The number of hydrogen-bond acceptors (Lipinski definition) is 3. The van der Waals surface area contributed by atoms with Crippen LogP contribution in [0.15, 0.2) is 12.3 Å². The van der Waals surface area contributed by atoms with Crippen LogP contribution in [0, 0.1) is 6.92 Å². The Labute approximate surface area is 117 Å². The predicted molar refractivity (Wildman–Crippen MR) is 78.4 cm³/mol. The van der Waals surface area contributed by atoms with E-state index >= 15 is 0 Å². The highest BCUT2D eigenvalue weighted by molar-refractivity contribution is 9.08. The molecule has 0 unspecified atom stereocenters. The Hall–Kier alpha value is -0.610. The molecule has 2 heterocycles. The summed E-state index contributed by atoms with van der Waals surface area (Å²) in [6.07, 6.45) is 4.82. The predicted octanol–water partition coefficient (Wildman–Crippen LogP) is 2.57. The molecule has 0 atom stereocenters. The molecule has 3 rings (SSSR count). The van der Waals surface area contributed by atoms with Gasteiger partial charge in [0, 0.05) is 43.7 Å². The third kappa shape index (κ3) is 2.54. The summed E-state index contributed by atoms with van der Waals surface area (Å²) in [5, 5.41) is 0.885. The van der Waals surface area contributed by atoms with Crippen LogP contribution in [-0.2, 0) is 5.33 Å². The second-order valence-electron chi connectivity index (χ2n) is 5.37. The minimum Gasteiger partial charge on any atom is -0.354 e. The van der Waals surface area contributed by atoms with Crippen molar-refractivity contribution in [2.45, 2.75) is 31.1 Å². The van der Waals surface area contributed by atoms with Gasteiger partial charge in [-0.3, -0.25) is 4.90 Å². The minimum atomic E-state index is 0.885. The van der Waals surface area contributed by atoms with E-state index in [-0.39, 0.29) is 0 Å². The number of aryl methyl sites for hydroxylation is 1. The molecule has 0 N–H and O–H groups in total. The SMILES string of the molecule is Cc1cc(CBr)cnc1N1CCN(C2CC2)CC1. The first-order chi connectivity index (χ1) is 8.78. The summed E-state index contributed by atoms with van der Waals surface area (Å²) in [4.78, 5) is 9.71. The fraction of sp³-hybridized carbons (Fsp3) is 0.643. The van der Waals surface area contributed by atoms with Crippen LogP contribution in [0.4, 0.5) is 5.82 Å². The molecule has 0 radical (unpaired) electrons. The third-order valence-electron chi connectivity index (χ3n) is 3.94. The number of halogens is 1. The number of pyridine rings is 1. The topological polar surface area (TPSA) is 19.4 Å². The standard InChI is InChI=1S/C14H20BrN3/c1-11-8-12(9-15)10-16-14(11)18-6-4-17(5-7-18)13-2-3-13/h8,10,13H,2-7,9H2,1H3. The van der Waals surface area contributed by atoms with Crippen molar-refractivity contribution < 1.29 is 0 Å². The highest BCUT2D eigenvalue weighted by Gasteiger charge is 2.31. The number of alkyl halides is 1. The van der Waals surface area contributed by atoms with E-state index in [4.69, 9.17) is 0 Å². The zero-order valence-electron chi connectivity index (χ0n) is 10.9. The molecule has 4 heteroatoms. The van der Waals surface area contributed by atoms with Crippen LogP contribution in [0.3, 0.4) is 0 Å². The summed E-state index contributed by atoms with van der Waals surface area (Å²) in [6, 6.07) is 3.14. The van der Waals surface area contributed by atoms with E-state index in [0.29, 0.717) is 0 Å². The van der Waals surface area contributed by atoms with Crippen LogP contribution < -0.4 is 4.90 Å². The smallest absolute Gasteiger partial charge is 0.131 e. The molecular formula is C14H20BrN3. The maximum absolute atomic E-state index is 4.64. The number of hydrogen-bond donors (Lipinski definition) is 0. The highest BCUT2D eigenvalue weighted by atomic mass is 79.9. The maximum Gasteiger partial charge on any atom is 0.131 e. The number of piperazine rings is 1. The van der Waals surface area contributed by atoms with E-state index < -0.39 is 0 Å². The average molecular weight is 310 g/mol. The van der Waals surface area contributed by atoms with Crippen molar-refractivity contribution in [2.24, 2.45) is 0 Å². The summed E-state index contributed by atoms with van der Waals surface area (Å²) in [5.74, 6) is 1.18. The van der Waals surface area contributed by atoms with Crippen LogP contribution >= 0.6 is 15.9 Å². The van der Waals surface area contributed by atoms with E-state index in [1.807, 2.05) is 6.20 Å². The lowest BCUT2D eigenvalue weighted by Crippen LogP contribution is -2.47. The monoisotopic (exact) mass is 309 g/mol. The van der Waals surface area contributed by atoms with Gasteiger partial charge in [-0.1, -0.05) is 22.0 Å². The van der Waals surface area contributed by atoms with Crippen LogP contribution in [-0.4, -0.2) is 42.1 Å². The Morgan fingerprint density at radius 2 is 2.00 bits per heavy atom. The van der Waals surface area contributed by atoms with Gasteiger partial charge in [-0.05, 0) is 30.9 Å². The van der Waals surface area contributed by atoms with Crippen molar-refractivity contribution in [3.05, 3.63) is 23.4 Å². The summed E-state index contributed by atoms with van der Waals surface area (Å²) in [6.45, 7) is 6.82. The van der Waals surface area contributed by atoms with E-state index in [1.54, 1.807) is 0 Å². The fourth-order valence-electron chi connectivity index (χ4n) is 2.77. The van der Waals surface area contributed by atoms with Gasteiger partial charge in [0.15, 0.2) is 0 Å². The molecule has 0 bridgehead atoms. The minimum absolute atomic E-state index is 0.885. The zero-order valence-corrected chi connectivity index (χ0v) is 12.5. The first-order valence-electron chi connectivity index (χ1n) is 6.78. The molecule has 0 amide bonds. The van der Waals surface area contributed by atoms with Crippen LogP contribution in [0.25, 0.3) is 0 Å². The van der Waals surface area contributed by atoms with Crippen molar-refractivity contribution in [3.8, 4) is 0 Å². The zero-order chi connectivity index (χ0) is 12.5. The van der Waals surface area contributed by atoms with Gasteiger partial charge in [-0.15, -0.1) is 0 Å². The lowest BCUT2D eigenvalue weighted by atomic mass is 10.2. The fourth-order valence-corrected chi connectivity index (χ4v) is 3.08. The third-order valence-corrected chi connectivity index (χ3v) is 4.59. The van der Waals surface area contributed by atoms with Crippen molar-refractivity contribution in [1.82, 2.24) is 9.88 Å². The average Bonchev–Trinajstić information content (AvgIpc) is 3.23. The van der Waals surface area contributed by atoms with Gasteiger partial charge in [0.2, 0.25) is 0 Å². The van der Waals surface area contributed by atoms with Crippen molar-refractivity contribution in [1.29, 1.82) is 0 Å². The van der Waals surface area contributed by atoms with Crippen LogP contribution in [0.2, 0.25) is 0 Å². The Morgan fingerprint density at radius 1 is 1.28 bits per heavy atom. The van der Waals surface area contributed by atoms with E-state index in [0.717, 1.165) is 24.5 Å². The Balaban J connectivity index is 1.68. The normalized spacial score (nSPS) is 21.3. The number of aromatic nitrogens is 1. The molecule has 18 heavy (non-hydrogen) atoms. The molecular weight excluding hydrogens is 290 g/mol. The lowest BCUT2D eigenvalue weighted by molar-refractivity contribution is 0.247. The largest absolute Gasteiger partial charge is 0.354 e. The molecule has 1 saturated heterocycles. The summed E-state index contributed by atoms with van der Waals surface area (Å²) >= 11 is 3.48. The van der Waals surface area contributed by atoms with E-state index in [1.165, 1.54) is 42.9 Å². The second kappa shape index (κ2) is 5.17. The molecule has 1 aromatic rings. The van der Waals surface area contributed by atoms with Gasteiger partial charge >= 0.3 is 0 Å². The molecule has 1 aromatic heterocycles. The van der Waals surface area contributed by atoms with E-state index in [9.17, 15) is 0 Å². The van der Waals surface area contributed by atoms with Crippen molar-refractivity contribution in [3.63, 3.8) is 0 Å². The molecule has 1 aliphatic heterocycles. The van der Waals surface area contributed by atoms with Gasteiger partial charge in [-0.25, -0.2) is 4.98 Å². The first kappa shape index (κ1) is 12.4. The molecule has 2 aliphatic rings. The number of anilines is 1.